The number of allylic oxidation sites excluding steroid dienone is 1. The van der Waals surface area contributed by atoms with Crippen LogP contribution in [0.4, 0.5) is 0 Å². The zero-order valence-corrected chi connectivity index (χ0v) is 19.2. The summed E-state index contributed by atoms with van der Waals surface area (Å²) in [6, 6.07) is 0.638. The smallest absolute Gasteiger partial charge is 0.288 e. The van der Waals surface area contributed by atoms with Crippen molar-refractivity contribution in [3.8, 4) is 0 Å². The summed E-state index contributed by atoms with van der Waals surface area (Å²) in [5.41, 5.74) is 0. The molecule has 1 aliphatic carbocycles. The number of ether oxygens (including phenoxy) is 2. The van der Waals surface area contributed by atoms with Crippen molar-refractivity contribution in [1.29, 1.82) is 0 Å². The molecule has 176 valence electrons. The normalized spacial score (nSPS) is 29.1. The monoisotopic (exact) mass is 434 g/mol. The van der Waals surface area contributed by atoms with Crippen molar-refractivity contribution in [3.63, 3.8) is 0 Å². The van der Waals surface area contributed by atoms with E-state index in [-0.39, 0.29) is 18.8 Å². The molecule has 0 spiro atoms. The number of piperidine rings is 2. The van der Waals surface area contributed by atoms with E-state index in [4.69, 9.17) is 14.6 Å². The lowest BCUT2D eigenvalue weighted by Gasteiger charge is -2.41. The molecule has 4 aliphatic rings. The van der Waals surface area contributed by atoms with E-state index in [1.807, 2.05) is 4.90 Å². The number of aliphatic hydroxyl groups is 1. The Hall–Kier alpha value is -1.11. The number of nitrogens with zero attached hydrogens (tertiary/aromatic N) is 2. The molecule has 2 saturated heterocycles. The SMILES string of the molecule is O=C(C1=C[C@H](C2CCCC2)C[C@H](OCCCCO)O1)N1CCC(N2CCCCC2)CC1. The van der Waals surface area contributed by atoms with Crippen molar-refractivity contribution < 1.29 is 19.4 Å². The van der Waals surface area contributed by atoms with E-state index in [9.17, 15) is 4.79 Å². The van der Waals surface area contributed by atoms with Crippen LogP contribution in [0.5, 0.6) is 0 Å². The first-order valence-electron chi connectivity index (χ1n) is 12.9. The Morgan fingerprint density at radius 1 is 1.00 bits per heavy atom. The molecule has 3 fully saturated rings. The predicted octanol–water partition coefficient (Wildman–Crippen LogP) is 3.69. The highest BCUT2D eigenvalue weighted by Gasteiger charge is 2.36. The lowest BCUT2D eigenvalue weighted by molar-refractivity contribution is -0.157. The Kier molecular flexibility index (Phi) is 8.68. The molecule has 0 aromatic heterocycles. The summed E-state index contributed by atoms with van der Waals surface area (Å²) in [6.07, 6.45) is 15.5. The van der Waals surface area contributed by atoms with Gasteiger partial charge in [-0.2, -0.15) is 0 Å². The average Bonchev–Trinajstić information content (AvgIpc) is 3.37. The van der Waals surface area contributed by atoms with E-state index in [1.54, 1.807) is 0 Å². The largest absolute Gasteiger partial charge is 0.459 e. The van der Waals surface area contributed by atoms with Gasteiger partial charge in [0.1, 0.15) is 0 Å². The summed E-state index contributed by atoms with van der Waals surface area (Å²) in [6.45, 7) is 4.88. The fraction of sp³-hybridized carbons (Fsp3) is 0.880. The summed E-state index contributed by atoms with van der Waals surface area (Å²) in [7, 11) is 0. The summed E-state index contributed by atoms with van der Waals surface area (Å²) in [4.78, 5) is 18.0. The molecule has 0 unspecified atom stereocenters. The van der Waals surface area contributed by atoms with E-state index in [1.165, 1.54) is 58.0 Å². The molecule has 0 aromatic carbocycles. The van der Waals surface area contributed by atoms with Gasteiger partial charge in [0.05, 0.1) is 6.61 Å². The van der Waals surface area contributed by atoms with Gasteiger partial charge in [0.15, 0.2) is 5.76 Å². The first-order valence-corrected chi connectivity index (χ1v) is 12.9. The third kappa shape index (κ3) is 6.23. The van der Waals surface area contributed by atoms with Crippen LogP contribution in [0, 0.1) is 11.8 Å². The maximum atomic E-state index is 13.3. The van der Waals surface area contributed by atoms with E-state index in [0.29, 0.717) is 30.2 Å². The number of likely N-dealkylation sites (tertiary alicyclic amines) is 2. The number of hydrogen-bond acceptors (Lipinski definition) is 5. The minimum Gasteiger partial charge on any atom is -0.459 e. The molecule has 6 heteroatoms. The van der Waals surface area contributed by atoms with Gasteiger partial charge in [-0.05, 0) is 82.4 Å². The van der Waals surface area contributed by atoms with Gasteiger partial charge in [0.25, 0.3) is 5.91 Å². The number of hydrogen-bond donors (Lipinski definition) is 1. The number of rotatable bonds is 8. The van der Waals surface area contributed by atoms with Crippen LogP contribution in [0.2, 0.25) is 0 Å². The van der Waals surface area contributed by atoms with E-state index in [2.05, 4.69) is 11.0 Å². The van der Waals surface area contributed by atoms with Gasteiger partial charge in [-0.1, -0.05) is 19.3 Å². The van der Waals surface area contributed by atoms with Crippen molar-refractivity contribution in [2.75, 3.05) is 39.4 Å². The van der Waals surface area contributed by atoms with Crippen molar-refractivity contribution in [1.82, 2.24) is 9.80 Å². The lowest BCUT2D eigenvalue weighted by Crippen LogP contribution is -2.49. The number of amides is 1. The molecule has 0 bridgehead atoms. The first-order chi connectivity index (χ1) is 15.2. The molecule has 1 saturated carbocycles. The standard InChI is InChI=1S/C25H42N2O4/c28-16-6-7-17-30-24-19-21(20-8-2-3-9-20)18-23(31-24)25(29)27-14-10-22(11-15-27)26-12-4-1-5-13-26/h18,20-22,24,28H,1-17,19H2/t21-,24+/m0/s1. The molecule has 3 heterocycles. The fourth-order valence-corrected chi connectivity index (χ4v) is 5.95. The van der Waals surface area contributed by atoms with E-state index < -0.39 is 0 Å². The van der Waals surface area contributed by atoms with Gasteiger partial charge >= 0.3 is 0 Å². The number of aliphatic hydroxyl groups excluding tert-OH is 1. The minimum atomic E-state index is -0.334. The Balaban J connectivity index is 1.34. The quantitative estimate of drug-likeness (QED) is 0.591. The van der Waals surface area contributed by atoms with E-state index in [0.717, 1.165) is 45.2 Å². The van der Waals surface area contributed by atoms with Gasteiger partial charge in [-0.3, -0.25) is 4.79 Å². The Morgan fingerprint density at radius 2 is 1.74 bits per heavy atom. The summed E-state index contributed by atoms with van der Waals surface area (Å²) in [5.74, 6) is 1.61. The van der Waals surface area contributed by atoms with Crippen molar-refractivity contribution >= 4 is 5.91 Å². The Bertz CT molecular complexity index is 590. The van der Waals surface area contributed by atoms with Crippen molar-refractivity contribution in [2.45, 2.75) is 89.4 Å². The van der Waals surface area contributed by atoms with Crippen LogP contribution < -0.4 is 0 Å². The van der Waals surface area contributed by atoms with Crippen LogP contribution in [0.1, 0.15) is 77.0 Å². The molecule has 1 amide bonds. The molecular formula is C25H42N2O4. The highest BCUT2D eigenvalue weighted by atomic mass is 16.7. The van der Waals surface area contributed by atoms with Gasteiger partial charge in [0, 0.05) is 32.2 Å². The molecular weight excluding hydrogens is 392 g/mol. The maximum Gasteiger partial charge on any atom is 0.288 e. The average molecular weight is 435 g/mol. The summed E-state index contributed by atoms with van der Waals surface area (Å²) >= 11 is 0. The topological polar surface area (TPSA) is 62.2 Å². The highest BCUT2D eigenvalue weighted by Crippen LogP contribution is 2.38. The second-order valence-electron chi connectivity index (χ2n) is 9.94. The van der Waals surface area contributed by atoms with Crippen molar-refractivity contribution in [2.24, 2.45) is 11.8 Å². The lowest BCUT2D eigenvalue weighted by atomic mass is 9.86. The van der Waals surface area contributed by atoms with Crippen molar-refractivity contribution in [3.05, 3.63) is 11.8 Å². The Morgan fingerprint density at radius 3 is 2.45 bits per heavy atom. The molecule has 31 heavy (non-hydrogen) atoms. The maximum absolute atomic E-state index is 13.3. The molecule has 6 nitrogen and oxygen atoms in total. The first kappa shape index (κ1) is 23.1. The minimum absolute atomic E-state index is 0.0590. The van der Waals surface area contributed by atoms with Gasteiger partial charge in [0.2, 0.25) is 6.29 Å². The highest BCUT2D eigenvalue weighted by molar-refractivity contribution is 5.91. The summed E-state index contributed by atoms with van der Waals surface area (Å²) in [5, 5.41) is 9.00. The van der Waals surface area contributed by atoms with Crippen LogP contribution in [-0.4, -0.2) is 72.5 Å². The number of carbonyl (C=O) groups is 1. The third-order valence-electron chi connectivity index (χ3n) is 7.82. The molecule has 4 rings (SSSR count). The Labute approximate surface area is 187 Å². The second-order valence-corrected chi connectivity index (χ2v) is 9.94. The van der Waals surface area contributed by atoms with E-state index >= 15 is 0 Å². The molecule has 0 radical (unpaired) electrons. The van der Waals surface area contributed by atoms with Gasteiger partial charge in [-0.25, -0.2) is 0 Å². The van der Waals surface area contributed by atoms with Crippen LogP contribution in [0.3, 0.4) is 0 Å². The van der Waals surface area contributed by atoms with Gasteiger partial charge < -0.3 is 24.4 Å². The molecule has 2 atom stereocenters. The predicted molar refractivity (Wildman–Crippen MR) is 120 cm³/mol. The van der Waals surface area contributed by atoms with Gasteiger partial charge in [-0.15, -0.1) is 0 Å². The van der Waals surface area contributed by atoms with Crippen LogP contribution >= 0.6 is 0 Å². The zero-order chi connectivity index (χ0) is 21.5. The van der Waals surface area contributed by atoms with Crippen LogP contribution in [0.15, 0.2) is 11.8 Å². The van der Waals surface area contributed by atoms with Crippen LogP contribution in [-0.2, 0) is 14.3 Å². The number of carbonyl (C=O) groups excluding carboxylic acids is 1. The molecule has 0 aromatic rings. The summed E-state index contributed by atoms with van der Waals surface area (Å²) < 4.78 is 12.1. The fourth-order valence-electron chi connectivity index (χ4n) is 5.95. The zero-order valence-electron chi connectivity index (χ0n) is 19.2. The van der Waals surface area contributed by atoms with Crippen LogP contribution in [0.25, 0.3) is 0 Å². The molecule has 3 aliphatic heterocycles. The number of unbranched alkanes of at least 4 members (excludes halogenated alkanes) is 1. The third-order valence-corrected chi connectivity index (χ3v) is 7.82. The second kappa shape index (κ2) is 11.7. The molecule has 1 N–H and O–H groups in total.